The van der Waals surface area contributed by atoms with Gasteiger partial charge in [-0.25, -0.2) is 28.1 Å². The van der Waals surface area contributed by atoms with Crippen LogP contribution in [0.2, 0.25) is 5.02 Å². The smallest absolute Gasteiger partial charge is 0.291 e. The summed E-state index contributed by atoms with van der Waals surface area (Å²) in [5, 5.41) is 6.47. The number of nitrogens with zero attached hydrogens (tertiary/aromatic N) is 7. The molecule has 2 fully saturated rings. The number of amides is 2. The zero-order valence-electron chi connectivity index (χ0n) is 23.8. The van der Waals surface area contributed by atoms with E-state index in [1.165, 1.54) is 13.2 Å². The number of benzene rings is 1. The third-order valence-electron chi connectivity index (χ3n) is 8.33. The normalized spacial score (nSPS) is 18.4. The highest BCUT2D eigenvalue weighted by Crippen LogP contribution is 2.42. The third-order valence-corrected chi connectivity index (χ3v) is 8.62. The lowest BCUT2D eigenvalue weighted by atomic mass is 9.76. The first kappa shape index (κ1) is 29.5. The molecule has 1 saturated carbocycles. The predicted molar refractivity (Wildman–Crippen MR) is 154 cm³/mol. The molecule has 228 valence electrons. The van der Waals surface area contributed by atoms with Crippen LogP contribution >= 0.6 is 11.6 Å². The van der Waals surface area contributed by atoms with Crippen LogP contribution in [0.5, 0.6) is 0 Å². The Balaban J connectivity index is 1.23. The van der Waals surface area contributed by atoms with E-state index >= 15 is 0 Å². The minimum absolute atomic E-state index is 0.0681. The molecule has 0 radical (unpaired) electrons. The average molecular weight is 627 g/mol. The number of anilines is 2. The van der Waals surface area contributed by atoms with Gasteiger partial charge in [0.2, 0.25) is 17.7 Å². The van der Waals surface area contributed by atoms with Crippen molar-refractivity contribution in [2.75, 3.05) is 16.8 Å². The summed E-state index contributed by atoms with van der Waals surface area (Å²) < 4.78 is 44.7. The Labute approximate surface area is 253 Å². The van der Waals surface area contributed by atoms with Gasteiger partial charge < -0.3 is 5.32 Å². The molecule has 1 N–H and O–H groups in total. The number of alkyl halides is 2. The molecular formula is C29H26ClF3N8O3. The van der Waals surface area contributed by atoms with E-state index in [1.807, 2.05) is 13.8 Å². The van der Waals surface area contributed by atoms with Gasteiger partial charge in [0.15, 0.2) is 5.82 Å². The van der Waals surface area contributed by atoms with E-state index in [0.717, 1.165) is 41.2 Å². The highest BCUT2D eigenvalue weighted by atomic mass is 35.5. The van der Waals surface area contributed by atoms with Crippen molar-refractivity contribution in [1.29, 1.82) is 0 Å². The van der Waals surface area contributed by atoms with Gasteiger partial charge in [-0.15, -0.1) is 0 Å². The van der Waals surface area contributed by atoms with E-state index in [2.05, 4.69) is 25.4 Å². The summed E-state index contributed by atoms with van der Waals surface area (Å²) in [6.07, 6.45) is 3.44. The SMILES string of the molecule is Cc1nc(N2C[C@H]3CC[C@H]3C2=O)ncc1C(C)n1cc(NC(=O)c2nc(-c3c(C(F)F)ccc(Cl)c3F)cc(=O)n2C)cn1. The predicted octanol–water partition coefficient (Wildman–Crippen LogP) is 4.71. The molecule has 15 heteroatoms. The van der Waals surface area contributed by atoms with Crippen LogP contribution in [0.4, 0.5) is 24.8 Å². The quantitative estimate of drug-likeness (QED) is 0.315. The molecule has 1 aliphatic heterocycles. The van der Waals surface area contributed by atoms with Gasteiger partial charge in [-0.05, 0) is 38.7 Å². The van der Waals surface area contributed by atoms with Gasteiger partial charge in [-0.2, -0.15) is 5.10 Å². The summed E-state index contributed by atoms with van der Waals surface area (Å²) in [7, 11) is 1.27. The second-order valence-corrected chi connectivity index (χ2v) is 11.3. The maximum Gasteiger partial charge on any atom is 0.291 e. The van der Waals surface area contributed by atoms with E-state index in [0.29, 0.717) is 24.1 Å². The molecule has 4 heterocycles. The molecule has 2 aliphatic rings. The maximum atomic E-state index is 14.9. The number of hydrogen-bond donors (Lipinski definition) is 1. The van der Waals surface area contributed by atoms with Gasteiger partial charge in [0.25, 0.3) is 17.9 Å². The van der Waals surface area contributed by atoms with Gasteiger partial charge in [0, 0.05) is 60.4 Å². The molecule has 6 rings (SSSR count). The van der Waals surface area contributed by atoms with Crippen LogP contribution in [-0.2, 0) is 11.8 Å². The summed E-state index contributed by atoms with van der Waals surface area (Å²) >= 11 is 5.82. The Kier molecular flexibility index (Phi) is 7.48. The Morgan fingerprint density at radius 1 is 1.14 bits per heavy atom. The van der Waals surface area contributed by atoms with Gasteiger partial charge in [-0.3, -0.25) is 28.5 Å². The monoisotopic (exact) mass is 626 g/mol. The first-order chi connectivity index (χ1) is 20.9. The lowest BCUT2D eigenvalue weighted by Gasteiger charge is -2.25. The summed E-state index contributed by atoms with van der Waals surface area (Å²) in [5.41, 5.74) is -0.947. The molecule has 2 amide bonds. The molecule has 1 saturated heterocycles. The van der Waals surface area contributed by atoms with Crippen LogP contribution in [0.15, 0.2) is 41.6 Å². The second-order valence-electron chi connectivity index (χ2n) is 10.9. The molecule has 44 heavy (non-hydrogen) atoms. The maximum absolute atomic E-state index is 14.9. The van der Waals surface area contributed by atoms with Crippen LogP contribution in [0, 0.1) is 24.6 Å². The second kappa shape index (κ2) is 11.2. The van der Waals surface area contributed by atoms with E-state index in [9.17, 15) is 27.6 Å². The number of hydrogen-bond acceptors (Lipinski definition) is 7. The standard InChI is InChI=1S/C29H26ClF3N8O3/c1-13-19(10-34-29(36-13)40-11-15-4-5-17(15)28(40)44)14(2)41-12-16(9-35-41)37-27(43)26-38-21(8-22(42)39(26)3)23-18(25(32)33)6-7-20(30)24(23)31/h6-10,12,14-15,17,25H,4-5,11H2,1-3H3,(H,37,43)/t14?,15-,17-/m1/s1. The van der Waals surface area contributed by atoms with Gasteiger partial charge in [-0.1, -0.05) is 17.7 Å². The summed E-state index contributed by atoms with van der Waals surface area (Å²) in [5.74, 6) is -1.59. The molecule has 0 spiro atoms. The van der Waals surface area contributed by atoms with E-state index in [1.54, 1.807) is 22.0 Å². The van der Waals surface area contributed by atoms with Gasteiger partial charge >= 0.3 is 0 Å². The number of rotatable bonds is 7. The van der Waals surface area contributed by atoms with Crippen LogP contribution in [0.25, 0.3) is 11.3 Å². The van der Waals surface area contributed by atoms with E-state index in [4.69, 9.17) is 11.6 Å². The van der Waals surface area contributed by atoms with Crippen molar-refractivity contribution in [1.82, 2.24) is 29.3 Å². The molecule has 1 aromatic carbocycles. The number of carbonyl (C=O) groups is 2. The fourth-order valence-electron chi connectivity index (χ4n) is 5.64. The Bertz CT molecular complexity index is 1880. The van der Waals surface area contributed by atoms with Crippen molar-refractivity contribution in [3.63, 3.8) is 0 Å². The lowest BCUT2D eigenvalue weighted by Crippen LogP contribution is -2.30. The molecule has 4 aromatic rings. The molecule has 3 aromatic heterocycles. The van der Waals surface area contributed by atoms with Crippen LogP contribution < -0.4 is 15.8 Å². The van der Waals surface area contributed by atoms with Gasteiger partial charge in [0.1, 0.15) is 0 Å². The fourth-order valence-corrected chi connectivity index (χ4v) is 5.80. The van der Waals surface area contributed by atoms with Crippen molar-refractivity contribution in [2.45, 2.75) is 39.2 Å². The number of nitrogens with one attached hydrogen (secondary N) is 1. The number of aromatic nitrogens is 6. The Morgan fingerprint density at radius 3 is 2.55 bits per heavy atom. The number of aryl methyl sites for hydroxylation is 1. The van der Waals surface area contributed by atoms with Crippen LogP contribution in [-0.4, -0.2) is 47.7 Å². The Morgan fingerprint density at radius 2 is 1.91 bits per heavy atom. The fraction of sp³-hybridized carbons (Fsp3) is 0.345. The number of fused-ring (bicyclic) bond motifs is 1. The molecule has 1 aliphatic carbocycles. The molecule has 3 atom stereocenters. The minimum Gasteiger partial charge on any atom is -0.317 e. The first-order valence-electron chi connectivity index (χ1n) is 13.8. The summed E-state index contributed by atoms with van der Waals surface area (Å²) in [6.45, 7) is 4.31. The van der Waals surface area contributed by atoms with Crippen molar-refractivity contribution in [2.24, 2.45) is 18.9 Å². The van der Waals surface area contributed by atoms with Crippen molar-refractivity contribution < 1.29 is 22.8 Å². The van der Waals surface area contributed by atoms with Crippen molar-refractivity contribution >= 4 is 35.1 Å². The average Bonchev–Trinajstić information content (AvgIpc) is 3.51. The number of carbonyl (C=O) groups excluding carboxylic acids is 2. The molecular weight excluding hydrogens is 601 g/mol. The first-order valence-corrected chi connectivity index (χ1v) is 14.2. The number of halogens is 4. The van der Waals surface area contributed by atoms with Crippen molar-refractivity contribution in [3.8, 4) is 11.3 Å². The minimum atomic E-state index is -3.09. The third kappa shape index (κ3) is 5.02. The zero-order valence-corrected chi connectivity index (χ0v) is 24.5. The molecule has 0 bridgehead atoms. The van der Waals surface area contributed by atoms with Crippen LogP contribution in [0.1, 0.15) is 59.7 Å². The lowest BCUT2D eigenvalue weighted by molar-refractivity contribution is -0.123. The molecule has 1 unspecified atom stereocenters. The van der Waals surface area contributed by atoms with Crippen molar-refractivity contribution in [3.05, 3.63) is 80.6 Å². The van der Waals surface area contributed by atoms with Gasteiger partial charge in [0.05, 0.1) is 28.6 Å². The molecule has 11 nitrogen and oxygen atoms in total. The zero-order chi connectivity index (χ0) is 31.4. The largest absolute Gasteiger partial charge is 0.317 e. The summed E-state index contributed by atoms with van der Waals surface area (Å²) in [4.78, 5) is 53.2. The summed E-state index contributed by atoms with van der Waals surface area (Å²) in [6, 6.07) is 2.42. The highest BCUT2D eigenvalue weighted by Gasteiger charge is 2.47. The van der Waals surface area contributed by atoms with E-state index in [-0.39, 0.29) is 23.6 Å². The van der Waals surface area contributed by atoms with Crippen LogP contribution in [0.3, 0.4) is 0 Å². The highest BCUT2D eigenvalue weighted by molar-refractivity contribution is 6.31. The topological polar surface area (TPSA) is 128 Å². The van der Waals surface area contributed by atoms with E-state index < -0.39 is 51.4 Å². The Hall–Kier alpha value is -4.59.